The number of likely N-dealkylation sites (tertiary alicyclic amines) is 1. The van der Waals surface area contributed by atoms with E-state index in [0.29, 0.717) is 13.0 Å². The first-order chi connectivity index (χ1) is 11.6. The van der Waals surface area contributed by atoms with Crippen molar-refractivity contribution in [3.8, 4) is 0 Å². The molecular weight excluding hydrogens is 326 g/mol. The number of carbonyl (C=O) groups is 3. The fourth-order valence-corrected chi connectivity index (χ4v) is 3.10. The molecule has 1 saturated heterocycles. The third kappa shape index (κ3) is 5.90. The Morgan fingerprint density at radius 2 is 1.60 bits per heavy atom. The van der Waals surface area contributed by atoms with E-state index in [2.05, 4.69) is 0 Å². The molecule has 1 heterocycles. The van der Waals surface area contributed by atoms with Crippen LogP contribution in [0, 0.1) is 11.8 Å². The Balaban J connectivity index is 2.97. The molecule has 0 aromatic rings. The van der Waals surface area contributed by atoms with Crippen LogP contribution in [0.4, 0.5) is 4.79 Å². The zero-order valence-corrected chi connectivity index (χ0v) is 16.2. The third-order valence-electron chi connectivity index (χ3n) is 4.14. The second kappa shape index (κ2) is 9.06. The van der Waals surface area contributed by atoms with Gasteiger partial charge < -0.3 is 19.1 Å². The first-order valence-electron chi connectivity index (χ1n) is 8.95. The van der Waals surface area contributed by atoms with Gasteiger partial charge in [-0.2, -0.15) is 0 Å². The molecule has 1 aliphatic heterocycles. The minimum atomic E-state index is -1.05. The molecule has 144 valence electrons. The lowest BCUT2D eigenvalue weighted by Crippen LogP contribution is -2.47. The Kier molecular flexibility index (Phi) is 7.70. The molecule has 2 atom stereocenters. The highest BCUT2D eigenvalue weighted by Crippen LogP contribution is 2.31. The van der Waals surface area contributed by atoms with Gasteiger partial charge in [-0.15, -0.1) is 0 Å². The van der Waals surface area contributed by atoms with Gasteiger partial charge in [-0.25, -0.2) is 4.79 Å². The summed E-state index contributed by atoms with van der Waals surface area (Å²) in [5, 5.41) is 0. The van der Waals surface area contributed by atoms with Crippen molar-refractivity contribution in [3.63, 3.8) is 0 Å². The SMILES string of the molecule is CCOC(=O)C(C(=O)OCC)[C@H](C)[C@@H]1CCCN1C(=O)OC(C)(C)C. The van der Waals surface area contributed by atoms with Crippen LogP contribution in [0.1, 0.15) is 54.4 Å². The summed E-state index contributed by atoms with van der Waals surface area (Å²) in [6.07, 6.45) is 1.08. The summed E-state index contributed by atoms with van der Waals surface area (Å²) in [4.78, 5) is 38.7. The Bertz CT molecular complexity index is 466. The Hall–Kier alpha value is -1.79. The third-order valence-corrected chi connectivity index (χ3v) is 4.14. The second-order valence-corrected chi connectivity index (χ2v) is 7.22. The van der Waals surface area contributed by atoms with Crippen molar-refractivity contribution in [3.05, 3.63) is 0 Å². The molecule has 0 spiro atoms. The highest BCUT2D eigenvalue weighted by molar-refractivity contribution is 5.95. The van der Waals surface area contributed by atoms with E-state index in [1.54, 1.807) is 46.4 Å². The first kappa shape index (κ1) is 21.3. The predicted molar refractivity (Wildman–Crippen MR) is 91.9 cm³/mol. The fraction of sp³-hybridized carbons (Fsp3) is 0.833. The quantitative estimate of drug-likeness (QED) is 0.413. The highest BCUT2D eigenvalue weighted by atomic mass is 16.6. The number of amides is 1. The summed E-state index contributed by atoms with van der Waals surface area (Å²) in [6, 6.07) is -0.270. The number of carbonyl (C=O) groups excluding carboxylic acids is 3. The first-order valence-corrected chi connectivity index (χ1v) is 8.95. The van der Waals surface area contributed by atoms with Crippen LogP contribution in [0.2, 0.25) is 0 Å². The molecule has 0 unspecified atom stereocenters. The highest BCUT2D eigenvalue weighted by Gasteiger charge is 2.44. The molecular formula is C18H31NO6. The summed E-state index contributed by atoms with van der Waals surface area (Å²) in [5.74, 6) is -2.69. The maximum absolute atomic E-state index is 12.5. The van der Waals surface area contributed by atoms with Crippen LogP contribution in [0.15, 0.2) is 0 Å². The van der Waals surface area contributed by atoms with Crippen molar-refractivity contribution >= 4 is 18.0 Å². The molecule has 0 saturated carbocycles. The molecule has 7 nitrogen and oxygen atoms in total. The minimum absolute atomic E-state index is 0.182. The summed E-state index contributed by atoms with van der Waals surface area (Å²) < 4.78 is 15.6. The van der Waals surface area contributed by atoms with Crippen LogP contribution in [-0.4, -0.2) is 54.3 Å². The summed E-state index contributed by atoms with van der Waals surface area (Å²) >= 11 is 0. The lowest BCUT2D eigenvalue weighted by molar-refractivity contribution is -0.165. The van der Waals surface area contributed by atoms with Crippen LogP contribution in [0.25, 0.3) is 0 Å². The molecule has 0 radical (unpaired) electrons. The number of ether oxygens (including phenoxy) is 3. The maximum Gasteiger partial charge on any atom is 0.410 e. The van der Waals surface area contributed by atoms with Gasteiger partial charge in [0.1, 0.15) is 5.60 Å². The molecule has 1 amide bonds. The normalized spacial score (nSPS) is 18.8. The Labute approximate surface area is 150 Å². The number of hydrogen-bond donors (Lipinski definition) is 0. The monoisotopic (exact) mass is 357 g/mol. The van der Waals surface area contributed by atoms with E-state index in [-0.39, 0.29) is 19.3 Å². The lowest BCUT2D eigenvalue weighted by atomic mass is 9.86. The average Bonchev–Trinajstić information content (AvgIpc) is 2.95. The van der Waals surface area contributed by atoms with Crippen molar-refractivity contribution < 1.29 is 28.6 Å². The van der Waals surface area contributed by atoms with Crippen molar-refractivity contribution in [2.75, 3.05) is 19.8 Å². The summed E-state index contributed by atoms with van der Waals surface area (Å²) in [5.41, 5.74) is -0.602. The standard InChI is InChI=1S/C18H31NO6/c1-7-23-15(20)14(16(21)24-8-2)12(3)13-10-9-11-19(13)17(22)25-18(4,5)6/h12-14H,7-11H2,1-6H3/t12-,13+/m1/s1. The summed E-state index contributed by atoms with van der Waals surface area (Å²) in [7, 11) is 0. The van der Waals surface area contributed by atoms with Gasteiger partial charge in [0.15, 0.2) is 5.92 Å². The van der Waals surface area contributed by atoms with Crippen LogP contribution in [0.3, 0.4) is 0 Å². The minimum Gasteiger partial charge on any atom is -0.465 e. The van der Waals surface area contributed by atoms with Crippen molar-refractivity contribution in [2.24, 2.45) is 11.8 Å². The van der Waals surface area contributed by atoms with E-state index in [9.17, 15) is 14.4 Å². The average molecular weight is 357 g/mol. The van der Waals surface area contributed by atoms with E-state index >= 15 is 0 Å². The number of esters is 2. The van der Waals surface area contributed by atoms with Crippen molar-refractivity contribution in [1.29, 1.82) is 0 Å². The predicted octanol–water partition coefficient (Wildman–Crippen LogP) is 2.76. The van der Waals surface area contributed by atoms with Gasteiger partial charge in [-0.1, -0.05) is 6.92 Å². The Morgan fingerprint density at radius 3 is 2.04 bits per heavy atom. The molecule has 1 fully saturated rings. The topological polar surface area (TPSA) is 82.1 Å². The van der Waals surface area contributed by atoms with Gasteiger partial charge >= 0.3 is 18.0 Å². The van der Waals surface area contributed by atoms with Crippen LogP contribution < -0.4 is 0 Å². The number of rotatable bonds is 6. The fourth-order valence-electron chi connectivity index (χ4n) is 3.10. The zero-order valence-electron chi connectivity index (χ0n) is 16.2. The van der Waals surface area contributed by atoms with E-state index in [0.717, 1.165) is 6.42 Å². The smallest absolute Gasteiger partial charge is 0.410 e. The van der Waals surface area contributed by atoms with Gasteiger partial charge in [-0.05, 0) is 47.5 Å². The van der Waals surface area contributed by atoms with Gasteiger partial charge in [0.05, 0.1) is 13.2 Å². The largest absolute Gasteiger partial charge is 0.465 e. The van der Waals surface area contributed by atoms with E-state index in [1.165, 1.54) is 0 Å². The van der Waals surface area contributed by atoms with Gasteiger partial charge in [0.25, 0.3) is 0 Å². The maximum atomic E-state index is 12.5. The van der Waals surface area contributed by atoms with Crippen LogP contribution in [-0.2, 0) is 23.8 Å². The Morgan fingerprint density at radius 1 is 1.08 bits per heavy atom. The second-order valence-electron chi connectivity index (χ2n) is 7.22. The van der Waals surface area contributed by atoms with E-state index in [1.807, 2.05) is 0 Å². The van der Waals surface area contributed by atoms with Gasteiger partial charge in [0, 0.05) is 18.5 Å². The van der Waals surface area contributed by atoms with E-state index in [4.69, 9.17) is 14.2 Å². The molecule has 1 rings (SSSR count). The molecule has 0 aromatic carbocycles. The van der Waals surface area contributed by atoms with Crippen LogP contribution in [0.5, 0.6) is 0 Å². The zero-order chi connectivity index (χ0) is 19.2. The molecule has 0 N–H and O–H groups in total. The number of nitrogens with zero attached hydrogens (tertiary/aromatic N) is 1. The van der Waals surface area contributed by atoms with Crippen molar-refractivity contribution in [1.82, 2.24) is 4.90 Å². The summed E-state index contributed by atoms with van der Waals surface area (Å²) in [6.45, 7) is 11.5. The van der Waals surface area contributed by atoms with E-state index < -0.39 is 35.5 Å². The van der Waals surface area contributed by atoms with Gasteiger partial charge in [0.2, 0.25) is 0 Å². The lowest BCUT2D eigenvalue weighted by Gasteiger charge is -2.33. The molecule has 0 aromatic heterocycles. The van der Waals surface area contributed by atoms with Gasteiger partial charge in [-0.3, -0.25) is 9.59 Å². The van der Waals surface area contributed by atoms with Crippen LogP contribution >= 0.6 is 0 Å². The number of hydrogen-bond acceptors (Lipinski definition) is 6. The molecule has 0 aliphatic carbocycles. The molecule has 0 bridgehead atoms. The molecule has 7 heteroatoms. The molecule has 1 aliphatic rings. The molecule has 25 heavy (non-hydrogen) atoms. The van der Waals surface area contributed by atoms with Crippen molar-refractivity contribution in [2.45, 2.75) is 66.0 Å².